The molecule has 0 saturated carbocycles. The van der Waals surface area contributed by atoms with Crippen molar-refractivity contribution in [2.75, 3.05) is 32.8 Å². The Labute approximate surface area is 110 Å². The molecule has 0 bridgehead atoms. The van der Waals surface area contributed by atoms with E-state index in [2.05, 4.69) is 10.2 Å². The summed E-state index contributed by atoms with van der Waals surface area (Å²) in [6.45, 7) is 9.88. The van der Waals surface area contributed by atoms with Gasteiger partial charge >= 0.3 is 0 Å². The summed E-state index contributed by atoms with van der Waals surface area (Å²) in [7, 11) is 0. The van der Waals surface area contributed by atoms with Crippen LogP contribution in [0.3, 0.4) is 0 Å². The van der Waals surface area contributed by atoms with E-state index in [0.717, 1.165) is 32.5 Å². The standard InChI is InChI=1S/C13H27N3O2/c1-13(2,3)18-9-8-16(10-12(14)17)11-4-6-15-7-5-11/h11,15H,4-10H2,1-3H3,(H2,14,17). The van der Waals surface area contributed by atoms with Gasteiger partial charge in [-0.15, -0.1) is 0 Å². The minimum Gasteiger partial charge on any atom is -0.375 e. The number of amides is 1. The zero-order valence-electron chi connectivity index (χ0n) is 11.9. The number of ether oxygens (including phenoxy) is 1. The third kappa shape index (κ3) is 6.33. The number of carbonyl (C=O) groups excluding carboxylic acids is 1. The smallest absolute Gasteiger partial charge is 0.231 e. The van der Waals surface area contributed by atoms with Crippen LogP contribution in [0.15, 0.2) is 0 Å². The zero-order chi connectivity index (χ0) is 13.6. The molecule has 1 amide bonds. The number of piperidine rings is 1. The Kier molecular flexibility index (Phi) is 6.05. The number of nitrogens with zero attached hydrogens (tertiary/aromatic N) is 1. The van der Waals surface area contributed by atoms with Crippen LogP contribution in [0.5, 0.6) is 0 Å². The molecule has 0 aromatic carbocycles. The van der Waals surface area contributed by atoms with Gasteiger partial charge in [0.1, 0.15) is 0 Å². The lowest BCUT2D eigenvalue weighted by atomic mass is 10.0. The molecule has 1 aliphatic rings. The first-order valence-corrected chi connectivity index (χ1v) is 6.75. The molecular formula is C13H27N3O2. The summed E-state index contributed by atoms with van der Waals surface area (Å²) in [6, 6.07) is 0.447. The van der Waals surface area contributed by atoms with Gasteiger partial charge in [0.25, 0.3) is 0 Å². The van der Waals surface area contributed by atoms with Gasteiger partial charge in [0, 0.05) is 12.6 Å². The van der Waals surface area contributed by atoms with Crippen LogP contribution >= 0.6 is 0 Å². The van der Waals surface area contributed by atoms with E-state index < -0.39 is 0 Å². The number of nitrogens with two attached hydrogens (primary N) is 1. The second-order valence-corrected chi connectivity index (χ2v) is 5.88. The highest BCUT2D eigenvalue weighted by Gasteiger charge is 2.22. The number of nitrogens with one attached hydrogen (secondary N) is 1. The van der Waals surface area contributed by atoms with Gasteiger partial charge in [-0.2, -0.15) is 0 Å². The van der Waals surface area contributed by atoms with E-state index in [1.165, 1.54) is 0 Å². The number of hydrogen-bond acceptors (Lipinski definition) is 4. The third-order valence-electron chi connectivity index (χ3n) is 3.10. The average molecular weight is 257 g/mol. The van der Waals surface area contributed by atoms with Gasteiger partial charge < -0.3 is 15.8 Å². The molecule has 0 aromatic heterocycles. The number of rotatable bonds is 6. The Balaban J connectivity index is 2.41. The van der Waals surface area contributed by atoms with Crippen molar-refractivity contribution in [2.24, 2.45) is 5.73 Å². The van der Waals surface area contributed by atoms with Crippen LogP contribution < -0.4 is 11.1 Å². The van der Waals surface area contributed by atoms with Crippen molar-refractivity contribution in [1.82, 2.24) is 10.2 Å². The quantitative estimate of drug-likeness (QED) is 0.720. The molecule has 0 radical (unpaired) electrons. The van der Waals surface area contributed by atoms with E-state index in [-0.39, 0.29) is 11.5 Å². The summed E-state index contributed by atoms with van der Waals surface area (Å²) < 4.78 is 5.72. The summed E-state index contributed by atoms with van der Waals surface area (Å²) >= 11 is 0. The van der Waals surface area contributed by atoms with Crippen LogP contribution in [-0.2, 0) is 9.53 Å². The summed E-state index contributed by atoms with van der Waals surface area (Å²) in [5.41, 5.74) is 5.19. The van der Waals surface area contributed by atoms with Crippen molar-refractivity contribution in [2.45, 2.75) is 45.3 Å². The predicted molar refractivity (Wildman–Crippen MR) is 72.4 cm³/mol. The Hall–Kier alpha value is -0.650. The van der Waals surface area contributed by atoms with Gasteiger partial charge in [-0.05, 0) is 46.7 Å². The fourth-order valence-electron chi connectivity index (χ4n) is 2.23. The Morgan fingerprint density at radius 3 is 2.50 bits per heavy atom. The van der Waals surface area contributed by atoms with Crippen molar-refractivity contribution < 1.29 is 9.53 Å². The van der Waals surface area contributed by atoms with Gasteiger partial charge in [-0.25, -0.2) is 0 Å². The summed E-state index contributed by atoms with van der Waals surface area (Å²) in [5, 5.41) is 3.33. The van der Waals surface area contributed by atoms with Gasteiger partial charge in [-0.3, -0.25) is 9.69 Å². The van der Waals surface area contributed by atoms with Crippen molar-refractivity contribution in [1.29, 1.82) is 0 Å². The molecule has 1 aliphatic heterocycles. The van der Waals surface area contributed by atoms with E-state index >= 15 is 0 Å². The molecule has 0 spiro atoms. The lowest BCUT2D eigenvalue weighted by Crippen LogP contribution is -2.48. The molecule has 106 valence electrons. The van der Waals surface area contributed by atoms with Gasteiger partial charge in [0.2, 0.25) is 5.91 Å². The lowest BCUT2D eigenvalue weighted by molar-refractivity contribution is -0.120. The number of primary amides is 1. The van der Waals surface area contributed by atoms with E-state index in [4.69, 9.17) is 10.5 Å². The highest BCUT2D eigenvalue weighted by Crippen LogP contribution is 2.12. The molecule has 0 aromatic rings. The Morgan fingerprint density at radius 2 is 2.00 bits per heavy atom. The highest BCUT2D eigenvalue weighted by atomic mass is 16.5. The molecule has 0 atom stereocenters. The Morgan fingerprint density at radius 1 is 1.39 bits per heavy atom. The second kappa shape index (κ2) is 7.07. The SMILES string of the molecule is CC(C)(C)OCCN(CC(N)=O)C1CCNCC1. The molecular weight excluding hydrogens is 230 g/mol. The fraction of sp³-hybridized carbons (Fsp3) is 0.923. The van der Waals surface area contributed by atoms with Crippen molar-refractivity contribution in [3.63, 3.8) is 0 Å². The van der Waals surface area contributed by atoms with E-state index in [1.807, 2.05) is 20.8 Å². The first-order chi connectivity index (χ1) is 8.38. The molecule has 5 heteroatoms. The fourth-order valence-corrected chi connectivity index (χ4v) is 2.23. The third-order valence-corrected chi connectivity index (χ3v) is 3.10. The second-order valence-electron chi connectivity index (χ2n) is 5.88. The van der Waals surface area contributed by atoms with E-state index in [0.29, 0.717) is 19.2 Å². The molecule has 5 nitrogen and oxygen atoms in total. The minimum absolute atomic E-state index is 0.132. The molecule has 1 saturated heterocycles. The van der Waals surface area contributed by atoms with E-state index in [9.17, 15) is 4.79 Å². The van der Waals surface area contributed by atoms with Crippen LogP contribution in [0.4, 0.5) is 0 Å². The van der Waals surface area contributed by atoms with Crippen LogP contribution in [-0.4, -0.2) is 55.2 Å². The molecule has 1 fully saturated rings. The maximum absolute atomic E-state index is 11.1. The van der Waals surface area contributed by atoms with Crippen LogP contribution in [0.25, 0.3) is 0 Å². The van der Waals surface area contributed by atoms with Crippen LogP contribution in [0.1, 0.15) is 33.6 Å². The predicted octanol–water partition coefficient (Wildman–Crippen LogP) is 0.341. The summed E-state index contributed by atoms with van der Waals surface area (Å²) in [6.07, 6.45) is 2.14. The minimum atomic E-state index is -0.260. The molecule has 0 aliphatic carbocycles. The molecule has 0 unspecified atom stereocenters. The summed E-state index contributed by atoms with van der Waals surface area (Å²) in [4.78, 5) is 13.3. The number of hydrogen-bond donors (Lipinski definition) is 2. The maximum atomic E-state index is 11.1. The highest BCUT2D eigenvalue weighted by molar-refractivity contribution is 5.75. The molecule has 3 N–H and O–H groups in total. The molecule has 1 rings (SSSR count). The van der Waals surface area contributed by atoms with Crippen LogP contribution in [0, 0.1) is 0 Å². The van der Waals surface area contributed by atoms with Gasteiger partial charge in [0.15, 0.2) is 0 Å². The van der Waals surface area contributed by atoms with E-state index in [1.54, 1.807) is 0 Å². The zero-order valence-corrected chi connectivity index (χ0v) is 11.9. The monoisotopic (exact) mass is 257 g/mol. The first kappa shape index (κ1) is 15.4. The lowest BCUT2D eigenvalue weighted by Gasteiger charge is -2.34. The molecule has 18 heavy (non-hydrogen) atoms. The van der Waals surface area contributed by atoms with Crippen LogP contribution in [0.2, 0.25) is 0 Å². The van der Waals surface area contributed by atoms with Crippen molar-refractivity contribution in [3.8, 4) is 0 Å². The Bertz CT molecular complexity index is 257. The number of carbonyl (C=O) groups is 1. The normalized spacial score (nSPS) is 18.2. The maximum Gasteiger partial charge on any atom is 0.231 e. The largest absolute Gasteiger partial charge is 0.375 e. The van der Waals surface area contributed by atoms with Crippen molar-refractivity contribution >= 4 is 5.91 Å². The van der Waals surface area contributed by atoms with Crippen molar-refractivity contribution in [3.05, 3.63) is 0 Å². The average Bonchev–Trinajstić information content (AvgIpc) is 2.27. The van der Waals surface area contributed by atoms with Gasteiger partial charge in [-0.1, -0.05) is 0 Å². The first-order valence-electron chi connectivity index (χ1n) is 6.75. The topological polar surface area (TPSA) is 67.6 Å². The molecule has 1 heterocycles. The summed E-state index contributed by atoms with van der Waals surface area (Å²) in [5.74, 6) is -0.260. The van der Waals surface area contributed by atoms with Gasteiger partial charge in [0.05, 0.1) is 18.8 Å².